The highest BCUT2D eigenvalue weighted by atomic mass is 16.6. The molecule has 0 saturated heterocycles. The zero-order chi connectivity index (χ0) is 57.8. The van der Waals surface area contributed by atoms with Crippen LogP contribution < -0.4 is 0 Å². The number of esters is 3. The largest absolute Gasteiger partial charge is 0.462 e. The molecule has 0 amide bonds. The lowest BCUT2D eigenvalue weighted by atomic mass is 10.0. The van der Waals surface area contributed by atoms with E-state index in [2.05, 4.69) is 93.7 Å². The summed E-state index contributed by atoms with van der Waals surface area (Å²) in [5.74, 6) is -0.879. The highest BCUT2D eigenvalue weighted by Gasteiger charge is 2.19. The normalized spacial score (nSPS) is 12.5. The van der Waals surface area contributed by atoms with Gasteiger partial charge in [-0.3, -0.25) is 14.4 Å². The van der Waals surface area contributed by atoms with Crippen molar-refractivity contribution in [1.29, 1.82) is 0 Å². The average molecular weight is 1120 g/mol. The number of unbranched alkanes of at least 4 members (excludes halogenated alkanes) is 41. The van der Waals surface area contributed by atoms with Gasteiger partial charge in [-0.05, 0) is 89.9 Å². The molecular formula is C74H132O6. The molecule has 0 fully saturated rings. The minimum absolute atomic E-state index is 0.0794. The SMILES string of the molecule is CC/C=C\C/C=C\C/C=C\C/C=C\C/C=C\CCCCCCCC(=O)OC(COC(=O)CCCCCCCCCCCCCC)COC(=O)CCCCCCCCCCCCCCCCCCC/C=C\CCCCCCCCCC. The van der Waals surface area contributed by atoms with Crippen molar-refractivity contribution in [3.63, 3.8) is 0 Å². The maximum Gasteiger partial charge on any atom is 0.306 e. The van der Waals surface area contributed by atoms with E-state index in [1.54, 1.807) is 0 Å². The molecule has 0 aliphatic rings. The van der Waals surface area contributed by atoms with Crippen molar-refractivity contribution in [2.75, 3.05) is 13.2 Å². The summed E-state index contributed by atoms with van der Waals surface area (Å²) in [6.07, 6.45) is 89.3. The van der Waals surface area contributed by atoms with Crippen LogP contribution in [-0.2, 0) is 28.6 Å². The summed E-state index contributed by atoms with van der Waals surface area (Å²) in [5, 5.41) is 0. The minimum atomic E-state index is -0.785. The van der Waals surface area contributed by atoms with Gasteiger partial charge in [0, 0.05) is 19.3 Å². The predicted molar refractivity (Wildman–Crippen MR) is 348 cm³/mol. The molecule has 6 nitrogen and oxygen atoms in total. The van der Waals surface area contributed by atoms with Gasteiger partial charge < -0.3 is 14.2 Å². The first kappa shape index (κ1) is 76.9. The quantitative estimate of drug-likeness (QED) is 0.0261. The molecule has 0 rings (SSSR count). The molecule has 80 heavy (non-hydrogen) atoms. The van der Waals surface area contributed by atoms with Crippen molar-refractivity contribution in [3.8, 4) is 0 Å². The van der Waals surface area contributed by atoms with E-state index < -0.39 is 6.10 Å². The summed E-state index contributed by atoms with van der Waals surface area (Å²) in [6.45, 7) is 6.56. The molecule has 0 saturated carbocycles. The van der Waals surface area contributed by atoms with Crippen molar-refractivity contribution in [3.05, 3.63) is 72.9 Å². The van der Waals surface area contributed by atoms with Crippen molar-refractivity contribution >= 4 is 17.9 Å². The zero-order valence-electron chi connectivity index (χ0n) is 53.3. The fourth-order valence-corrected chi connectivity index (χ4v) is 10.2. The highest BCUT2D eigenvalue weighted by Crippen LogP contribution is 2.18. The van der Waals surface area contributed by atoms with Gasteiger partial charge in [0.1, 0.15) is 13.2 Å². The van der Waals surface area contributed by atoms with E-state index in [0.717, 1.165) is 109 Å². The molecular weight excluding hydrogens is 985 g/mol. The molecule has 1 atom stereocenters. The van der Waals surface area contributed by atoms with E-state index >= 15 is 0 Å². The molecule has 0 aromatic carbocycles. The van der Waals surface area contributed by atoms with Crippen molar-refractivity contribution < 1.29 is 28.6 Å². The van der Waals surface area contributed by atoms with E-state index in [1.165, 1.54) is 212 Å². The van der Waals surface area contributed by atoms with Crippen LogP contribution in [0, 0.1) is 0 Å². The molecule has 0 aliphatic heterocycles. The summed E-state index contributed by atoms with van der Waals surface area (Å²) >= 11 is 0. The van der Waals surface area contributed by atoms with Crippen LogP contribution in [0.2, 0.25) is 0 Å². The van der Waals surface area contributed by atoms with Crippen LogP contribution in [0.25, 0.3) is 0 Å². The number of hydrogen-bond donors (Lipinski definition) is 0. The summed E-state index contributed by atoms with van der Waals surface area (Å²) in [7, 11) is 0. The van der Waals surface area contributed by atoms with Gasteiger partial charge in [-0.25, -0.2) is 0 Å². The van der Waals surface area contributed by atoms with Gasteiger partial charge in [-0.1, -0.05) is 325 Å². The van der Waals surface area contributed by atoms with Crippen molar-refractivity contribution in [2.45, 2.75) is 367 Å². The van der Waals surface area contributed by atoms with E-state index in [-0.39, 0.29) is 31.1 Å². The van der Waals surface area contributed by atoms with Crippen LogP contribution in [0.4, 0.5) is 0 Å². The Labute approximate surface area is 497 Å². The molecule has 0 bridgehead atoms. The number of allylic oxidation sites excluding steroid dienone is 12. The first-order valence-electron chi connectivity index (χ1n) is 34.9. The molecule has 1 unspecified atom stereocenters. The second-order valence-electron chi connectivity index (χ2n) is 23.4. The molecule has 0 aliphatic carbocycles. The number of ether oxygens (including phenoxy) is 3. The Balaban J connectivity index is 4.23. The predicted octanol–water partition coefficient (Wildman–Crippen LogP) is 24.1. The lowest BCUT2D eigenvalue weighted by Crippen LogP contribution is -2.30. The third kappa shape index (κ3) is 65.7. The molecule has 0 heterocycles. The lowest BCUT2D eigenvalue weighted by molar-refractivity contribution is -0.167. The second kappa shape index (κ2) is 68.3. The Kier molecular flexibility index (Phi) is 65.7. The Morgan fingerprint density at radius 3 is 0.775 bits per heavy atom. The Bertz CT molecular complexity index is 1470. The van der Waals surface area contributed by atoms with Crippen LogP contribution in [0.1, 0.15) is 361 Å². The van der Waals surface area contributed by atoms with Gasteiger partial charge in [-0.2, -0.15) is 0 Å². The Morgan fingerprint density at radius 2 is 0.487 bits per heavy atom. The third-order valence-corrected chi connectivity index (χ3v) is 15.4. The first-order chi connectivity index (χ1) is 39.5. The highest BCUT2D eigenvalue weighted by molar-refractivity contribution is 5.71. The molecule has 0 aromatic rings. The van der Waals surface area contributed by atoms with Crippen LogP contribution in [0.5, 0.6) is 0 Å². The maximum absolute atomic E-state index is 12.9. The molecule has 0 spiro atoms. The number of carbonyl (C=O) groups is 3. The molecule has 0 radical (unpaired) electrons. The zero-order valence-corrected chi connectivity index (χ0v) is 53.3. The van der Waals surface area contributed by atoms with Gasteiger partial charge in [0.25, 0.3) is 0 Å². The summed E-state index contributed by atoms with van der Waals surface area (Å²) in [5.41, 5.74) is 0. The van der Waals surface area contributed by atoms with Crippen molar-refractivity contribution in [1.82, 2.24) is 0 Å². The molecule has 6 heteroatoms. The van der Waals surface area contributed by atoms with Crippen LogP contribution in [0.3, 0.4) is 0 Å². The summed E-state index contributed by atoms with van der Waals surface area (Å²) in [4.78, 5) is 38.4. The fraction of sp³-hybridized carbons (Fsp3) is 0.797. The summed E-state index contributed by atoms with van der Waals surface area (Å²) < 4.78 is 16.9. The van der Waals surface area contributed by atoms with Gasteiger partial charge in [0.05, 0.1) is 0 Å². The molecule has 464 valence electrons. The fourth-order valence-electron chi connectivity index (χ4n) is 10.2. The van der Waals surface area contributed by atoms with Crippen LogP contribution in [-0.4, -0.2) is 37.2 Å². The number of hydrogen-bond acceptors (Lipinski definition) is 6. The molecule has 0 aromatic heterocycles. The average Bonchev–Trinajstić information content (AvgIpc) is 3.46. The van der Waals surface area contributed by atoms with Gasteiger partial charge in [0.2, 0.25) is 0 Å². The Hall–Kier alpha value is -3.15. The first-order valence-corrected chi connectivity index (χ1v) is 34.9. The van der Waals surface area contributed by atoms with Crippen LogP contribution in [0.15, 0.2) is 72.9 Å². The van der Waals surface area contributed by atoms with E-state index in [1.807, 2.05) is 0 Å². The Morgan fingerprint density at radius 1 is 0.263 bits per heavy atom. The number of carbonyl (C=O) groups excluding carboxylic acids is 3. The third-order valence-electron chi connectivity index (χ3n) is 15.4. The maximum atomic E-state index is 12.9. The van der Waals surface area contributed by atoms with E-state index in [4.69, 9.17) is 14.2 Å². The standard InChI is InChI=1S/C74H132O6/c1-4-7-10-13-16-19-22-25-27-29-31-33-34-35-36-37-38-39-40-42-43-45-47-49-52-55-58-61-64-67-73(76)79-70-71(69-78-72(75)66-63-60-57-54-51-24-21-18-15-12-9-6-3)80-74(77)68-65-62-59-56-53-50-48-46-44-41-32-30-28-26-23-20-17-14-11-8-5-2/h8,11,17,20,26,28-29,31-32,41,46,48,71H,4-7,9-10,12-16,18-19,21-25,27,30,33-40,42-45,47,49-70H2,1-3H3/b11-8-,20-17-,28-26-,31-29-,41-32-,48-46-. The topological polar surface area (TPSA) is 78.9 Å². The lowest BCUT2D eigenvalue weighted by Gasteiger charge is -2.18. The smallest absolute Gasteiger partial charge is 0.306 e. The van der Waals surface area contributed by atoms with E-state index in [9.17, 15) is 14.4 Å². The summed E-state index contributed by atoms with van der Waals surface area (Å²) in [6, 6.07) is 0. The monoisotopic (exact) mass is 1120 g/mol. The van der Waals surface area contributed by atoms with Crippen LogP contribution >= 0.6 is 0 Å². The van der Waals surface area contributed by atoms with Gasteiger partial charge in [0.15, 0.2) is 6.10 Å². The van der Waals surface area contributed by atoms with Crippen molar-refractivity contribution in [2.24, 2.45) is 0 Å². The second-order valence-corrected chi connectivity index (χ2v) is 23.4. The molecule has 0 N–H and O–H groups in total. The van der Waals surface area contributed by atoms with Gasteiger partial charge in [-0.15, -0.1) is 0 Å². The van der Waals surface area contributed by atoms with Gasteiger partial charge >= 0.3 is 17.9 Å². The minimum Gasteiger partial charge on any atom is -0.462 e. The number of rotatable bonds is 64. The van der Waals surface area contributed by atoms with E-state index in [0.29, 0.717) is 19.3 Å².